The summed E-state index contributed by atoms with van der Waals surface area (Å²) in [5, 5.41) is 0. The molecule has 6 heteroatoms. The number of cyclic esters (lactones) is 2. The highest BCUT2D eigenvalue weighted by molar-refractivity contribution is 5.93. The van der Waals surface area contributed by atoms with Crippen LogP contribution in [0.1, 0.15) is 17.5 Å². The van der Waals surface area contributed by atoms with Crippen molar-refractivity contribution < 1.29 is 23.1 Å². The Morgan fingerprint density at radius 3 is 2.74 bits per heavy atom. The van der Waals surface area contributed by atoms with E-state index >= 15 is 0 Å². The summed E-state index contributed by atoms with van der Waals surface area (Å²) >= 11 is 0. The number of aryl methyl sites for hydroxylation is 1. The highest BCUT2D eigenvalue weighted by Crippen LogP contribution is 2.29. The van der Waals surface area contributed by atoms with Gasteiger partial charge >= 0.3 is 12.1 Å². The number of hydrogen-bond donors (Lipinski definition) is 0. The summed E-state index contributed by atoms with van der Waals surface area (Å²) in [5.74, 6) is -1.78. The van der Waals surface area contributed by atoms with Crippen molar-refractivity contribution in [1.82, 2.24) is 4.90 Å². The van der Waals surface area contributed by atoms with E-state index < -0.39 is 23.7 Å². The third-order valence-electron chi connectivity index (χ3n) is 3.62. The Hall–Kier alpha value is -1.98. The zero-order valence-corrected chi connectivity index (χ0v) is 9.99. The van der Waals surface area contributed by atoms with Crippen LogP contribution in [0.15, 0.2) is 12.1 Å². The lowest BCUT2D eigenvalue weighted by Gasteiger charge is -2.30. The zero-order chi connectivity index (χ0) is 13.6. The number of carbonyl (C=O) groups is 2. The van der Waals surface area contributed by atoms with Gasteiger partial charge in [0.15, 0.2) is 0 Å². The van der Waals surface area contributed by atoms with Crippen LogP contribution in [-0.4, -0.2) is 29.5 Å². The van der Waals surface area contributed by atoms with Gasteiger partial charge in [-0.3, -0.25) is 4.90 Å². The van der Waals surface area contributed by atoms with E-state index in [0.29, 0.717) is 24.0 Å². The Morgan fingerprint density at radius 1 is 1.26 bits per heavy atom. The average molecular weight is 267 g/mol. The number of ether oxygens (including phenoxy) is 1. The number of fused-ring (bicyclic) bond motifs is 1. The van der Waals surface area contributed by atoms with Crippen LogP contribution in [0.25, 0.3) is 0 Å². The number of carbonyl (C=O) groups excluding carboxylic acids is 2. The van der Waals surface area contributed by atoms with Gasteiger partial charge in [-0.15, -0.1) is 0 Å². The summed E-state index contributed by atoms with van der Waals surface area (Å²) < 4.78 is 31.3. The molecule has 4 nitrogen and oxygen atoms in total. The SMILES string of the molecule is O=C1CN(C2CCc3cc(F)cc(F)c3C2)C(=O)O1. The lowest BCUT2D eigenvalue weighted by molar-refractivity contribution is -0.133. The van der Waals surface area contributed by atoms with E-state index in [1.807, 2.05) is 0 Å². The molecule has 0 saturated carbocycles. The van der Waals surface area contributed by atoms with Crippen LogP contribution < -0.4 is 0 Å². The number of nitrogens with zero attached hydrogens (tertiary/aromatic N) is 1. The first-order valence-electron chi connectivity index (χ1n) is 6.02. The predicted molar refractivity (Wildman–Crippen MR) is 60.4 cm³/mol. The van der Waals surface area contributed by atoms with Crippen molar-refractivity contribution in [2.24, 2.45) is 0 Å². The topological polar surface area (TPSA) is 46.6 Å². The van der Waals surface area contributed by atoms with E-state index in [-0.39, 0.29) is 19.0 Å². The highest BCUT2D eigenvalue weighted by atomic mass is 19.1. The summed E-state index contributed by atoms with van der Waals surface area (Å²) in [4.78, 5) is 23.8. The number of esters is 1. The van der Waals surface area contributed by atoms with Crippen LogP contribution in [0.2, 0.25) is 0 Å². The van der Waals surface area contributed by atoms with Crippen LogP contribution in [-0.2, 0) is 22.4 Å². The molecule has 0 spiro atoms. The third kappa shape index (κ3) is 2.07. The van der Waals surface area contributed by atoms with E-state index in [1.54, 1.807) is 0 Å². The van der Waals surface area contributed by atoms with Gasteiger partial charge in [0.25, 0.3) is 0 Å². The minimum Gasteiger partial charge on any atom is -0.375 e. The lowest BCUT2D eigenvalue weighted by Crippen LogP contribution is -2.40. The fourth-order valence-electron chi connectivity index (χ4n) is 2.70. The van der Waals surface area contributed by atoms with E-state index in [0.717, 1.165) is 6.07 Å². The second kappa shape index (κ2) is 4.29. The lowest BCUT2D eigenvalue weighted by atomic mass is 9.87. The Labute approximate surface area is 108 Å². The fraction of sp³-hybridized carbons (Fsp3) is 0.385. The quantitative estimate of drug-likeness (QED) is 0.576. The van der Waals surface area contributed by atoms with Crippen molar-refractivity contribution in [2.75, 3.05) is 6.54 Å². The molecule has 100 valence electrons. The minimum absolute atomic E-state index is 0.0956. The minimum atomic E-state index is -0.680. The van der Waals surface area contributed by atoms with Crippen LogP contribution in [0.5, 0.6) is 0 Å². The molecule has 19 heavy (non-hydrogen) atoms. The van der Waals surface area contributed by atoms with Gasteiger partial charge < -0.3 is 4.74 Å². The second-order valence-corrected chi connectivity index (χ2v) is 4.79. The molecule has 1 aromatic carbocycles. The largest absolute Gasteiger partial charge is 0.418 e. The molecule has 3 rings (SSSR count). The van der Waals surface area contributed by atoms with E-state index in [4.69, 9.17) is 0 Å². The van der Waals surface area contributed by atoms with Crippen LogP contribution in [0.3, 0.4) is 0 Å². The molecule has 1 aliphatic heterocycles. The molecule has 1 heterocycles. The molecule has 1 unspecified atom stereocenters. The van der Waals surface area contributed by atoms with Crippen molar-refractivity contribution in [3.05, 3.63) is 34.9 Å². The second-order valence-electron chi connectivity index (χ2n) is 4.79. The molecule has 0 radical (unpaired) electrons. The van der Waals surface area contributed by atoms with Gasteiger partial charge in [-0.2, -0.15) is 0 Å². The van der Waals surface area contributed by atoms with E-state index in [2.05, 4.69) is 4.74 Å². The maximum absolute atomic E-state index is 13.7. The first kappa shape index (κ1) is 12.1. The maximum atomic E-state index is 13.7. The summed E-state index contributed by atoms with van der Waals surface area (Å²) in [7, 11) is 0. The van der Waals surface area contributed by atoms with Crippen LogP contribution >= 0.6 is 0 Å². The molecule has 1 aliphatic carbocycles. The van der Waals surface area contributed by atoms with E-state index in [9.17, 15) is 18.4 Å². The summed E-state index contributed by atoms with van der Waals surface area (Å²) in [6.07, 6.45) is 0.648. The molecule has 0 N–H and O–H groups in total. The molecule has 1 aromatic rings. The molecule has 1 saturated heterocycles. The molecular weight excluding hydrogens is 256 g/mol. The molecule has 1 fully saturated rings. The first-order chi connectivity index (χ1) is 9.04. The predicted octanol–water partition coefficient (Wildman–Crippen LogP) is 1.80. The fourth-order valence-corrected chi connectivity index (χ4v) is 2.70. The average Bonchev–Trinajstić information content (AvgIpc) is 2.68. The number of halogens is 2. The molecule has 1 atom stereocenters. The highest BCUT2D eigenvalue weighted by Gasteiger charge is 2.37. The van der Waals surface area contributed by atoms with E-state index in [1.165, 1.54) is 11.0 Å². The third-order valence-corrected chi connectivity index (χ3v) is 3.62. The van der Waals surface area contributed by atoms with Gasteiger partial charge in [0, 0.05) is 12.1 Å². The number of rotatable bonds is 1. The normalized spacial score (nSPS) is 22.4. The van der Waals surface area contributed by atoms with Crippen molar-refractivity contribution >= 4 is 12.1 Å². The van der Waals surface area contributed by atoms with Crippen molar-refractivity contribution in [3.63, 3.8) is 0 Å². The Bertz CT molecular complexity index is 573. The van der Waals surface area contributed by atoms with Gasteiger partial charge in [0.2, 0.25) is 0 Å². The molecule has 0 bridgehead atoms. The van der Waals surface area contributed by atoms with Gasteiger partial charge in [-0.05, 0) is 36.5 Å². The van der Waals surface area contributed by atoms with Gasteiger partial charge in [-0.1, -0.05) is 0 Å². The van der Waals surface area contributed by atoms with Gasteiger partial charge in [0.1, 0.15) is 18.2 Å². The van der Waals surface area contributed by atoms with Crippen LogP contribution in [0, 0.1) is 11.6 Å². The molecule has 1 amide bonds. The standard InChI is InChI=1S/C13H11F2NO3/c14-8-3-7-1-2-9(5-10(7)11(15)4-8)16-6-12(17)19-13(16)18/h3-4,9H,1-2,5-6H2. The Morgan fingerprint density at radius 2 is 2.05 bits per heavy atom. The van der Waals surface area contributed by atoms with Gasteiger partial charge in [0.05, 0.1) is 0 Å². The summed E-state index contributed by atoms with van der Waals surface area (Å²) in [5.41, 5.74) is 1.05. The molecular formula is C13H11F2NO3. The Kier molecular flexibility index (Phi) is 2.73. The molecule has 0 aromatic heterocycles. The monoisotopic (exact) mass is 267 g/mol. The summed E-state index contributed by atoms with van der Waals surface area (Å²) in [6.45, 7) is -0.0956. The maximum Gasteiger partial charge on any atom is 0.418 e. The Balaban J connectivity index is 1.86. The smallest absolute Gasteiger partial charge is 0.375 e. The number of benzene rings is 1. The van der Waals surface area contributed by atoms with Gasteiger partial charge in [-0.25, -0.2) is 18.4 Å². The molecule has 2 aliphatic rings. The summed E-state index contributed by atoms with van der Waals surface area (Å²) in [6, 6.07) is 1.89. The van der Waals surface area contributed by atoms with Crippen molar-refractivity contribution in [1.29, 1.82) is 0 Å². The zero-order valence-electron chi connectivity index (χ0n) is 9.99. The van der Waals surface area contributed by atoms with Crippen molar-refractivity contribution in [3.8, 4) is 0 Å². The van der Waals surface area contributed by atoms with Crippen molar-refractivity contribution in [2.45, 2.75) is 25.3 Å². The number of hydrogen-bond acceptors (Lipinski definition) is 3. The number of amides is 1. The van der Waals surface area contributed by atoms with Crippen LogP contribution in [0.4, 0.5) is 13.6 Å². The first-order valence-corrected chi connectivity index (χ1v) is 6.02.